The number of nitrogens with zero attached hydrogens (tertiary/aromatic N) is 2. The normalized spacial score (nSPS) is 10.3. The quantitative estimate of drug-likeness (QED) is 0.863. The summed E-state index contributed by atoms with van der Waals surface area (Å²) in [5.74, 6) is 0.0347. The molecular formula is C13H16N4O3. The number of carbonyl (C=O) groups excluding carboxylic acids is 2. The molecule has 7 nitrogen and oxygen atoms in total. The van der Waals surface area contributed by atoms with E-state index in [0.29, 0.717) is 18.0 Å². The van der Waals surface area contributed by atoms with Crippen LogP contribution in [0.1, 0.15) is 30.1 Å². The molecule has 2 N–H and O–H groups in total. The van der Waals surface area contributed by atoms with Crippen LogP contribution < -0.4 is 10.6 Å². The Bertz CT molecular complexity index is 601. The maximum Gasteiger partial charge on any atom is 0.274 e. The van der Waals surface area contributed by atoms with Gasteiger partial charge in [-0.3, -0.25) is 14.3 Å². The number of nitrogens with one attached hydrogen (secondary N) is 2. The highest BCUT2D eigenvalue weighted by molar-refractivity contribution is 6.01. The molecule has 20 heavy (non-hydrogen) atoms. The highest BCUT2D eigenvalue weighted by atomic mass is 16.3. The first-order valence-electron chi connectivity index (χ1n) is 6.25. The zero-order chi connectivity index (χ0) is 14.5. The molecule has 0 spiro atoms. The Hall–Kier alpha value is -2.57. The van der Waals surface area contributed by atoms with Gasteiger partial charge in [-0.1, -0.05) is 0 Å². The van der Waals surface area contributed by atoms with Crippen molar-refractivity contribution in [1.29, 1.82) is 0 Å². The minimum atomic E-state index is -0.364. The van der Waals surface area contributed by atoms with Crippen molar-refractivity contribution >= 4 is 17.5 Å². The zero-order valence-electron chi connectivity index (χ0n) is 11.3. The fraction of sp³-hybridized carbons (Fsp3) is 0.308. The summed E-state index contributed by atoms with van der Waals surface area (Å²) in [7, 11) is 0. The van der Waals surface area contributed by atoms with Crippen molar-refractivity contribution < 1.29 is 14.0 Å². The lowest BCUT2D eigenvalue weighted by atomic mass is 10.3. The minimum absolute atomic E-state index is 0.189. The predicted molar refractivity (Wildman–Crippen MR) is 72.1 cm³/mol. The van der Waals surface area contributed by atoms with E-state index in [9.17, 15) is 9.59 Å². The average molecular weight is 276 g/mol. The molecule has 0 atom stereocenters. The Labute approximate surface area is 116 Å². The van der Waals surface area contributed by atoms with E-state index in [1.54, 1.807) is 23.0 Å². The van der Waals surface area contributed by atoms with Gasteiger partial charge in [0, 0.05) is 19.7 Å². The average Bonchev–Trinajstić information content (AvgIpc) is 3.04. The van der Waals surface area contributed by atoms with Crippen LogP contribution in [0.5, 0.6) is 0 Å². The summed E-state index contributed by atoms with van der Waals surface area (Å²) in [4.78, 5) is 23.2. The van der Waals surface area contributed by atoms with Crippen LogP contribution in [0.3, 0.4) is 0 Å². The van der Waals surface area contributed by atoms with Crippen LogP contribution >= 0.6 is 0 Å². The van der Waals surface area contributed by atoms with Gasteiger partial charge in [0.1, 0.15) is 5.76 Å². The zero-order valence-corrected chi connectivity index (χ0v) is 11.3. The molecule has 2 rings (SSSR count). The molecule has 2 aromatic rings. The number of furan rings is 1. The minimum Gasteiger partial charge on any atom is -0.467 e. The smallest absolute Gasteiger partial charge is 0.274 e. The maximum absolute atomic E-state index is 12.1. The van der Waals surface area contributed by atoms with Crippen LogP contribution in [0.2, 0.25) is 0 Å². The van der Waals surface area contributed by atoms with Gasteiger partial charge >= 0.3 is 0 Å². The van der Waals surface area contributed by atoms with E-state index in [0.717, 1.165) is 0 Å². The summed E-state index contributed by atoms with van der Waals surface area (Å²) in [5.41, 5.74) is 0.588. The van der Waals surface area contributed by atoms with Crippen LogP contribution in [-0.4, -0.2) is 21.6 Å². The van der Waals surface area contributed by atoms with Crippen LogP contribution in [0.15, 0.2) is 29.0 Å². The van der Waals surface area contributed by atoms with Crippen molar-refractivity contribution in [3.05, 3.63) is 36.0 Å². The summed E-state index contributed by atoms with van der Waals surface area (Å²) in [6.45, 7) is 4.16. The summed E-state index contributed by atoms with van der Waals surface area (Å²) in [6.07, 6.45) is 3.17. The number of anilines is 1. The van der Waals surface area contributed by atoms with Gasteiger partial charge in [-0.2, -0.15) is 5.10 Å². The number of rotatable bonds is 5. The standard InChI is InChI=1S/C13H16N4O3/c1-3-17-8-11(15-9(2)18)12(16-17)13(19)14-7-10-5-4-6-20-10/h4-6,8H,3,7H2,1-2H3,(H,14,19)(H,15,18). The van der Waals surface area contributed by atoms with E-state index < -0.39 is 0 Å². The molecule has 2 aromatic heterocycles. The molecule has 0 aliphatic heterocycles. The Morgan fingerprint density at radius 1 is 1.45 bits per heavy atom. The molecule has 2 amide bonds. The Kier molecular flexibility index (Phi) is 4.19. The van der Waals surface area contributed by atoms with E-state index >= 15 is 0 Å². The Morgan fingerprint density at radius 3 is 2.85 bits per heavy atom. The Balaban J connectivity index is 2.11. The molecule has 0 saturated heterocycles. The molecule has 0 fully saturated rings. The van der Waals surface area contributed by atoms with Crippen molar-refractivity contribution in [3.63, 3.8) is 0 Å². The van der Waals surface area contributed by atoms with Crippen molar-refractivity contribution in [1.82, 2.24) is 15.1 Å². The number of hydrogen-bond donors (Lipinski definition) is 2. The number of hydrogen-bond acceptors (Lipinski definition) is 4. The fourth-order valence-corrected chi connectivity index (χ4v) is 1.70. The van der Waals surface area contributed by atoms with Gasteiger partial charge in [0.05, 0.1) is 18.5 Å². The highest BCUT2D eigenvalue weighted by Gasteiger charge is 2.17. The van der Waals surface area contributed by atoms with Gasteiger partial charge in [-0.15, -0.1) is 0 Å². The largest absolute Gasteiger partial charge is 0.467 e. The molecule has 0 aliphatic rings. The van der Waals surface area contributed by atoms with Crippen LogP contribution in [-0.2, 0) is 17.9 Å². The summed E-state index contributed by atoms with van der Waals surface area (Å²) in [5, 5.41) is 9.43. The SMILES string of the molecule is CCn1cc(NC(C)=O)c(C(=O)NCc2ccco2)n1. The third-order valence-corrected chi connectivity index (χ3v) is 2.61. The Morgan fingerprint density at radius 2 is 2.25 bits per heavy atom. The van der Waals surface area contributed by atoms with E-state index in [2.05, 4.69) is 15.7 Å². The lowest BCUT2D eigenvalue weighted by Gasteiger charge is -2.03. The molecule has 0 radical (unpaired) electrons. The first-order chi connectivity index (χ1) is 9.60. The van der Waals surface area contributed by atoms with E-state index in [1.807, 2.05) is 6.92 Å². The molecular weight excluding hydrogens is 260 g/mol. The van der Waals surface area contributed by atoms with Crippen molar-refractivity contribution in [2.45, 2.75) is 26.9 Å². The lowest BCUT2D eigenvalue weighted by Crippen LogP contribution is -2.24. The number of carbonyl (C=O) groups is 2. The van der Waals surface area contributed by atoms with Gasteiger partial charge in [-0.05, 0) is 19.1 Å². The second kappa shape index (κ2) is 6.05. The number of aromatic nitrogens is 2. The molecule has 106 valence electrons. The van der Waals surface area contributed by atoms with Gasteiger partial charge in [-0.25, -0.2) is 0 Å². The third-order valence-electron chi connectivity index (χ3n) is 2.61. The first kappa shape index (κ1) is 13.9. The first-order valence-corrected chi connectivity index (χ1v) is 6.25. The summed E-state index contributed by atoms with van der Waals surface area (Å²) < 4.78 is 6.72. The van der Waals surface area contributed by atoms with Crippen LogP contribution in [0.25, 0.3) is 0 Å². The molecule has 0 unspecified atom stereocenters. The summed E-state index contributed by atoms with van der Waals surface area (Å²) >= 11 is 0. The maximum atomic E-state index is 12.1. The molecule has 0 aromatic carbocycles. The molecule has 2 heterocycles. The number of amides is 2. The van der Waals surface area contributed by atoms with Gasteiger partial charge < -0.3 is 15.1 Å². The molecule has 0 bridgehead atoms. The lowest BCUT2D eigenvalue weighted by molar-refractivity contribution is -0.114. The highest BCUT2D eigenvalue weighted by Crippen LogP contribution is 2.14. The van der Waals surface area contributed by atoms with Crippen molar-refractivity contribution in [2.24, 2.45) is 0 Å². The molecule has 0 saturated carbocycles. The van der Waals surface area contributed by atoms with Crippen LogP contribution in [0.4, 0.5) is 5.69 Å². The van der Waals surface area contributed by atoms with Gasteiger partial charge in [0.15, 0.2) is 5.69 Å². The summed E-state index contributed by atoms with van der Waals surface area (Å²) in [6, 6.07) is 3.51. The molecule has 0 aliphatic carbocycles. The monoisotopic (exact) mass is 276 g/mol. The number of aryl methyl sites for hydroxylation is 1. The van der Waals surface area contributed by atoms with Gasteiger partial charge in [0.2, 0.25) is 5.91 Å². The molecule has 7 heteroatoms. The van der Waals surface area contributed by atoms with E-state index in [4.69, 9.17) is 4.42 Å². The van der Waals surface area contributed by atoms with E-state index in [1.165, 1.54) is 13.2 Å². The second-order valence-corrected chi connectivity index (χ2v) is 4.19. The van der Waals surface area contributed by atoms with E-state index in [-0.39, 0.29) is 24.1 Å². The van der Waals surface area contributed by atoms with Crippen molar-refractivity contribution in [3.8, 4) is 0 Å². The second-order valence-electron chi connectivity index (χ2n) is 4.19. The fourth-order valence-electron chi connectivity index (χ4n) is 1.70. The van der Waals surface area contributed by atoms with Crippen LogP contribution in [0, 0.1) is 0 Å². The third kappa shape index (κ3) is 3.25. The van der Waals surface area contributed by atoms with Crippen molar-refractivity contribution in [2.75, 3.05) is 5.32 Å². The van der Waals surface area contributed by atoms with Gasteiger partial charge in [0.25, 0.3) is 5.91 Å². The topological polar surface area (TPSA) is 89.2 Å². The predicted octanol–water partition coefficient (Wildman–Crippen LogP) is 1.38.